The summed E-state index contributed by atoms with van der Waals surface area (Å²) in [6.07, 6.45) is 0.860. The predicted octanol–water partition coefficient (Wildman–Crippen LogP) is 3.86. The van der Waals surface area contributed by atoms with E-state index >= 15 is 0 Å². The van der Waals surface area contributed by atoms with Crippen LogP contribution in [0.3, 0.4) is 0 Å². The van der Waals surface area contributed by atoms with E-state index in [-0.39, 0.29) is 24.0 Å². The molecule has 0 aliphatic carbocycles. The number of aliphatic imine (C=N–C) groups is 1. The van der Waals surface area contributed by atoms with Gasteiger partial charge in [0.25, 0.3) is 0 Å². The van der Waals surface area contributed by atoms with Crippen molar-refractivity contribution in [2.24, 2.45) is 4.99 Å². The molecule has 1 N–H and O–H groups in total. The molecule has 1 fully saturated rings. The number of halogens is 1. The predicted molar refractivity (Wildman–Crippen MR) is 131 cm³/mol. The van der Waals surface area contributed by atoms with Gasteiger partial charge in [0.05, 0.1) is 5.69 Å². The highest BCUT2D eigenvalue weighted by molar-refractivity contribution is 14.0. The van der Waals surface area contributed by atoms with E-state index in [4.69, 9.17) is 9.52 Å². The van der Waals surface area contributed by atoms with E-state index in [0.29, 0.717) is 0 Å². The molecule has 29 heavy (non-hydrogen) atoms. The summed E-state index contributed by atoms with van der Waals surface area (Å²) in [5.41, 5.74) is 6.25. The van der Waals surface area contributed by atoms with Crippen LogP contribution in [0, 0.1) is 27.7 Å². The highest BCUT2D eigenvalue weighted by atomic mass is 127. The molecule has 1 aliphatic heterocycles. The second kappa shape index (κ2) is 10.8. The Morgan fingerprint density at radius 1 is 1.14 bits per heavy atom. The highest BCUT2D eigenvalue weighted by Gasteiger charge is 2.21. The molecule has 0 amide bonds. The molecular formula is C22H34IN5O. The van der Waals surface area contributed by atoms with Crippen LogP contribution in [0.5, 0.6) is 0 Å². The van der Waals surface area contributed by atoms with Gasteiger partial charge in [-0.3, -0.25) is 4.99 Å². The van der Waals surface area contributed by atoms with Crippen LogP contribution in [0.1, 0.15) is 35.1 Å². The molecule has 3 rings (SSSR count). The van der Waals surface area contributed by atoms with Crippen LogP contribution in [0.4, 0.5) is 5.69 Å². The maximum absolute atomic E-state index is 5.26. The fourth-order valence-electron chi connectivity index (χ4n) is 3.80. The Kier molecular flexibility index (Phi) is 8.79. The fraction of sp³-hybridized carbons (Fsp3) is 0.545. The molecule has 0 unspecified atom stereocenters. The van der Waals surface area contributed by atoms with Crippen LogP contribution in [-0.2, 0) is 6.42 Å². The Morgan fingerprint density at radius 3 is 2.48 bits per heavy atom. The first-order chi connectivity index (χ1) is 13.5. The van der Waals surface area contributed by atoms with E-state index in [1.807, 2.05) is 13.8 Å². The Bertz CT molecular complexity index is 805. The standard InChI is InChI=1S/C22H33N5O.HI/c1-6-23-22(24-11-10-20-18(4)25-28-19(20)5)27-14-12-26(13-15-27)21-9-7-8-16(2)17(21)3;/h7-9H,6,10-15H2,1-5H3,(H,23,24);1H. The third-order valence-corrected chi connectivity index (χ3v) is 5.64. The van der Waals surface area contributed by atoms with E-state index in [1.54, 1.807) is 0 Å². The van der Waals surface area contributed by atoms with Crippen molar-refractivity contribution in [1.82, 2.24) is 15.4 Å². The number of rotatable bonds is 5. The highest BCUT2D eigenvalue weighted by Crippen LogP contribution is 2.23. The minimum absolute atomic E-state index is 0. The molecule has 1 saturated heterocycles. The molecule has 1 aromatic carbocycles. The molecule has 160 valence electrons. The molecule has 0 atom stereocenters. The summed E-state index contributed by atoms with van der Waals surface area (Å²) in [7, 11) is 0. The van der Waals surface area contributed by atoms with Crippen LogP contribution in [0.2, 0.25) is 0 Å². The molecule has 0 bridgehead atoms. The van der Waals surface area contributed by atoms with E-state index in [9.17, 15) is 0 Å². The van der Waals surface area contributed by atoms with Crippen LogP contribution >= 0.6 is 24.0 Å². The van der Waals surface area contributed by atoms with Gasteiger partial charge in [0, 0.05) is 50.5 Å². The number of aryl methyl sites for hydroxylation is 3. The molecule has 0 saturated carbocycles. The fourth-order valence-corrected chi connectivity index (χ4v) is 3.80. The van der Waals surface area contributed by atoms with Crippen LogP contribution in [0.25, 0.3) is 0 Å². The molecule has 2 aromatic rings. The Labute approximate surface area is 191 Å². The lowest BCUT2D eigenvalue weighted by Gasteiger charge is -2.38. The van der Waals surface area contributed by atoms with Crippen molar-refractivity contribution in [3.05, 3.63) is 46.3 Å². The van der Waals surface area contributed by atoms with Gasteiger partial charge in [-0.15, -0.1) is 24.0 Å². The Hall–Kier alpha value is -1.77. The average molecular weight is 511 g/mol. The first-order valence-corrected chi connectivity index (χ1v) is 10.3. The Balaban J connectivity index is 0.00000300. The van der Waals surface area contributed by atoms with Gasteiger partial charge >= 0.3 is 0 Å². The van der Waals surface area contributed by atoms with Crippen molar-refractivity contribution in [2.75, 3.05) is 44.2 Å². The number of nitrogens with zero attached hydrogens (tertiary/aromatic N) is 4. The monoisotopic (exact) mass is 511 g/mol. The summed E-state index contributed by atoms with van der Waals surface area (Å²) in [6.45, 7) is 16.1. The summed E-state index contributed by atoms with van der Waals surface area (Å²) in [5, 5.41) is 7.49. The SMILES string of the molecule is CCNC(=NCCc1c(C)noc1C)N1CCN(c2cccc(C)c2C)CC1.I. The number of hydrogen-bond acceptors (Lipinski definition) is 4. The largest absolute Gasteiger partial charge is 0.368 e. The van der Waals surface area contributed by atoms with Crippen LogP contribution < -0.4 is 10.2 Å². The van der Waals surface area contributed by atoms with Crippen molar-refractivity contribution in [3.63, 3.8) is 0 Å². The van der Waals surface area contributed by atoms with Crippen molar-refractivity contribution < 1.29 is 4.52 Å². The number of aromatic nitrogens is 1. The zero-order valence-electron chi connectivity index (χ0n) is 18.3. The van der Waals surface area contributed by atoms with Crippen LogP contribution in [-0.4, -0.2) is 55.3 Å². The van der Waals surface area contributed by atoms with Crippen molar-refractivity contribution in [2.45, 2.75) is 41.0 Å². The lowest BCUT2D eigenvalue weighted by molar-refractivity contribution is 0.372. The van der Waals surface area contributed by atoms with Gasteiger partial charge in [-0.25, -0.2) is 0 Å². The summed E-state index contributed by atoms with van der Waals surface area (Å²) in [6, 6.07) is 6.58. The molecule has 7 heteroatoms. The van der Waals surface area contributed by atoms with Crippen LogP contribution in [0.15, 0.2) is 27.7 Å². The lowest BCUT2D eigenvalue weighted by Crippen LogP contribution is -2.52. The number of piperazine rings is 1. The van der Waals surface area contributed by atoms with E-state index < -0.39 is 0 Å². The van der Waals surface area contributed by atoms with E-state index in [0.717, 1.165) is 63.1 Å². The van der Waals surface area contributed by atoms with E-state index in [1.165, 1.54) is 22.4 Å². The molecular weight excluding hydrogens is 477 g/mol. The topological polar surface area (TPSA) is 56.9 Å². The number of guanidine groups is 1. The zero-order chi connectivity index (χ0) is 20.1. The number of anilines is 1. The van der Waals surface area contributed by atoms with Gasteiger partial charge in [-0.05, 0) is 58.2 Å². The molecule has 6 nitrogen and oxygen atoms in total. The molecule has 1 aliphatic rings. The van der Waals surface area contributed by atoms with Crippen molar-refractivity contribution in [3.8, 4) is 0 Å². The third kappa shape index (κ3) is 5.65. The van der Waals surface area contributed by atoms with Crippen molar-refractivity contribution in [1.29, 1.82) is 0 Å². The second-order valence-corrected chi connectivity index (χ2v) is 7.48. The average Bonchev–Trinajstić information content (AvgIpc) is 3.01. The second-order valence-electron chi connectivity index (χ2n) is 7.48. The molecule has 0 spiro atoms. The van der Waals surface area contributed by atoms with Gasteiger partial charge in [0.1, 0.15) is 5.76 Å². The minimum Gasteiger partial charge on any atom is -0.368 e. The summed E-state index contributed by atoms with van der Waals surface area (Å²) >= 11 is 0. The summed E-state index contributed by atoms with van der Waals surface area (Å²) in [4.78, 5) is 9.73. The van der Waals surface area contributed by atoms with Gasteiger partial charge < -0.3 is 19.6 Å². The van der Waals surface area contributed by atoms with Crippen molar-refractivity contribution >= 4 is 35.6 Å². The van der Waals surface area contributed by atoms with E-state index in [2.05, 4.69) is 59.2 Å². The maximum Gasteiger partial charge on any atom is 0.194 e. The number of nitrogens with one attached hydrogen (secondary N) is 1. The Morgan fingerprint density at radius 2 is 1.86 bits per heavy atom. The van der Waals surface area contributed by atoms with Gasteiger partial charge in [0.15, 0.2) is 5.96 Å². The molecule has 0 radical (unpaired) electrons. The third-order valence-electron chi connectivity index (χ3n) is 5.64. The van der Waals surface area contributed by atoms with Gasteiger partial charge in [-0.1, -0.05) is 17.3 Å². The normalized spacial score (nSPS) is 14.7. The van der Waals surface area contributed by atoms with Gasteiger partial charge in [0.2, 0.25) is 0 Å². The first-order valence-electron chi connectivity index (χ1n) is 10.3. The lowest BCUT2D eigenvalue weighted by atomic mass is 10.1. The summed E-state index contributed by atoms with van der Waals surface area (Å²) < 4.78 is 5.26. The number of hydrogen-bond donors (Lipinski definition) is 1. The zero-order valence-corrected chi connectivity index (χ0v) is 20.6. The molecule has 1 aromatic heterocycles. The van der Waals surface area contributed by atoms with Gasteiger partial charge in [-0.2, -0.15) is 0 Å². The first kappa shape index (κ1) is 23.5. The number of benzene rings is 1. The molecule has 2 heterocycles. The maximum atomic E-state index is 5.26. The summed E-state index contributed by atoms with van der Waals surface area (Å²) in [5.74, 6) is 1.91. The smallest absolute Gasteiger partial charge is 0.194 e. The minimum atomic E-state index is 0. The quantitative estimate of drug-likeness (QED) is 0.376.